The topological polar surface area (TPSA) is 52.8 Å². The molecule has 0 aliphatic heterocycles. The number of hydrogen-bond donors (Lipinski definition) is 0. The molecular weight excluding hydrogens is 412 g/mol. The van der Waals surface area contributed by atoms with Gasteiger partial charge in [0.25, 0.3) is 0 Å². The first kappa shape index (κ1) is 20.6. The van der Waals surface area contributed by atoms with Crippen LogP contribution in [0.4, 0.5) is 0 Å². The van der Waals surface area contributed by atoms with Gasteiger partial charge in [-0.05, 0) is 32.9 Å². The number of thiazole rings is 1. The molecule has 0 aliphatic carbocycles. The highest BCUT2D eigenvalue weighted by Crippen LogP contribution is 2.32. The van der Waals surface area contributed by atoms with Crippen molar-refractivity contribution >= 4 is 23.1 Å². The molecule has 0 amide bonds. The zero-order valence-corrected chi connectivity index (χ0v) is 19.0. The summed E-state index contributed by atoms with van der Waals surface area (Å²) >= 11 is 3.34. The molecule has 0 aliphatic rings. The molecule has 0 radical (unpaired) electrons. The number of hydrogen-bond acceptors (Lipinski definition) is 6. The van der Waals surface area contributed by atoms with Gasteiger partial charge in [0, 0.05) is 23.2 Å². The van der Waals surface area contributed by atoms with Crippen LogP contribution in [0.5, 0.6) is 5.75 Å². The first-order valence-electron chi connectivity index (χ1n) is 9.99. The summed E-state index contributed by atoms with van der Waals surface area (Å²) in [5.41, 5.74) is 4.44. The molecule has 0 N–H and O–H groups in total. The van der Waals surface area contributed by atoms with Gasteiger partial charge in [0.15, 0.2) is 11.0 Å². The van der Waals surface area contributed by atoms with Gasteiger partial charge in [-0.2, -0.15) is 0 Å². The maximum absolute atomic E-state index is 5.79. The van der Waals surface area contributed by atoms with Crippen LogP contribution in [0.25, 0.3) is 22.0 Å². The molecule has 0 spiro atoms. The van der Waals surface area contributed by atoms with Crippen LogP contribution in [-0.4, -0.2) is 26.4 Å². The number of ether oxygens (including phenoxy) is 1. The number of benzene rings is 2. The second kappa shape index (κ2) is 9.45. The smallest absolute Gasteiger partial charge is 0.191 e. The third-order valence-corrected chi connectivity index (χ3v) is 6.60. The first-order chi connectivity index (χ1) is 14.7. The molecule has 154 valence electrons. The summed E-state index contributed by atoms with van der Waals surface area (Å²) in [6, 6.07) is 16.5. The Kier molecular flexibility index (Phi) is 6.50. The Bertz CT molecular complexity index is 1120. The molecule has 0 saturated carbocycles. The summed E-state index contributed by atoms with van der Waals surface area (Å²) in [7, 11) is 0. The predicted molar refractivity (Wildman–Crippen MR) is 124 cm³/mol. The van der Waals surface area contributed by atoms with Crippen LogP contribution in [0.3, 0.4) is 0 Å². The van der Waals surface area contributed by atoms with Crippen LogP contribution in [-0.2, 0) is 12.3 Å². The van der Waals surface area contributed by atoms with Crippen LogP contribution in [0.15, 0.2) is 59.1 Å². The molecule has 7 heteroatoms. The van der Waals surface area contributed by atoms with E-state index in [4.69, 9.17) is 9.72 Å². The molecule has 2 aromatic heterocycles. The van der Waals surface area contributed by atoms with Crippen molar-refractivity contribution in [3.63, 3.8) is 0 Å². The lowest BCUT2D eigenvalue weighted by molar-refractivity contribution is 0.341. The van der Waals surface area contributed by atoms with E-state index in [9.17, 15) is 0 Å². The summed E-state index contributed by atoms with van der Waals surface area (Å²) in [4.78, 5) is 4.80. The van der Waals surface area contributed by atoms with Gasteiger partial charge >= 0.3 is 0 Å². The Morgan fingerprint density at radius 3 is 2.60 bits per heavy atom. The second-order valence-electron chi connectivity index (χ2n) is 6.78. The van der Waals surface area contributed by atoms with Gasteiger partial charge in [0.2, 0.25) is 0 Å². The van der Waals surface area contributed by atoms with Crippen molar-refractivity contribution in [1.82, 2.24) is 19.7 Å². The van der Waals surface area contributed by atoms with Crippen LogP contribution in [0, 0.1) is 6.92 Å². The van der Waals surface area contributed by atoms with E-state index in [2.05, 4.69) is 58.3 Å². The standard InChI is InChI=1S/C23H24N4OS2/c1-4-27-21(19-8-6-7-9-20(19)28-5-2)25-26-23(27)30-15-18-14-29-22(24-18)17-12-10-16(3)11-13-17/h6-14H,4-5,15H2,1-3H3. The Morgan fingerprint density at radius 2 is 1.83 bits per heavy atom. The fourth-order valence-electron chi connectivity index (χ4n) is 3.15. The SMILES string of the molecule is CCOc1ccccc1-c1nnc(SCc2csc(-c3ccc(C)cc3)n2)n1CC. The second-order valence-corrected chi connectivity index (χ2v) is 8.58. The number of para-hydroxylation sites is 1. The molecule has 0 unspecified atom stereocenters. The number of aromatic nitrogens is 4. The Morgan fingerprint density at radius 1 is 1.03 bits per heavy atom. The molecule has 4 aromatic rings. The fourth-order valence-corrected chi connectivity index (χ4v) is 4.98. The third-order valence-electron chi connectivity index (χ3n) is 4.66. The van der Waals surface area contributed by atoms with Crippen LogP contribution < -0.4 is 4.74 Å². The van der Waals surface area contributed by atoms with E-state index in [0.29, 0.717) is 6.61 Å². The zero-order chi connectivity index (χ0) is 20.9. The maximum Gasteiger partial charge on any atom is 0.191 e. The summed E-state index contributed by atoms with van der Waals surface area (Å²) < 4.78 is 7.92. The van der Waals surface area contributed by atoms with E-state index in [1.54, 1.807) is 23.1 Å². The molecule has 4 rings (SSSR count). The van der Waals surface area contributed by atoms with E-state index in [0.717, 1.165) is 50.9 Å². The average molecular weight is 437 g/mol. The van der Waals surface area contributed by atoms with Crippen LogP contribution >= 0.6 is 23.1 Å². The lowest BCUT2D eigenvalue weighted by atomic mass is 10.2. The first-order valence-corrected chi connectivity index (χ1v) is 11.9. The van der Waals surface area contributed by atoms with Gasteiger partial charge in [-0.25, -0.2) is 4.98 Å². The van der Waals surface area contributed by atoms with Gasteiger partial charge in [-0.1, -0.05) is 53.7 Å². The number of thioether (sulfide) groups is 1. The molecule has 0 saturated heterocycles. The molecule has 0 fully saturated rings. The van der Waals surface area contributed by atoms with Crippen molar-refractivity contribution in [2.24, 2.45) is 0 Å². The molecule has 30 heavy (non-hydrogen) atoms. The summed E-state index contributed by atoms with van der Waals surface area (Å²) in [6.45, 7) is 7.60. The molecule has 5 nitrogen and oxygen atoms in total. The molecule has 0 bridgehead atoms. The third kappa shape index (κ3) is 4.42. The number of rotatable bonds is 8. The van der Waals surface area contributed by atoms with Gasteiger partial charge in [-0.15, -0.1) is 21.5 Å². The van der Waals surface area contributed by atoms with Crippen LogP contribution in [0.1, 0.15) is 25.1 Å². The van der Waals surface area contributed by atoms with E-state index in [1.807, 2.05) is 31.2 Å². The maximum atomic E-state index is 5.79. The number of nitrogens with zero attached hydrogens (tertiary/aromatic N) is 4. The van der Waals surface area contributed by atoms with E-state index >= 15 is 0 Å². The minimum atomic E-state index is 0.617. The number of aryl methyl sites for hydroxylation is 1. The highest BCUT2D eigenvalue weighted by Gasteiger charge is 2.17. The molecule has 2 heterocycles. The van der Waals surface area contributed by atoms with Crippen molar-refractivity contribution in [2.75, 3.05) is 6.61 Å². The predicted octanol–water partition coefficient (Wildman–Crippen LogP) is 6.09. The van der Waals surface area contributed by atoms with Gasteiger partial charge in [0.05, 0.1) is 17.9 Å². The lowest BCUT2D eigenvalue weighted by Crippen LogP contribution is -2.02. The van der Waals surface area contributed by atoms with Gasteiger partial charge in [-0.3, -0.25) is 0 Å². The molecule has 2 aromatic carbocycles. The zero-order valence-electron chi connectivity index (χ0n) is 17.3. The minimum absolute atomic E-state index is 0.617. The lowest BCUT2D eigenvalue weighted by Gasteiger charge is -2.11. The normalized spacial score (nSPS) is 11.0. The summed E-state index contributed by atoms with van der Waals surface area (Å²) in [5.74, 6) is 2.43. The summed E-state index contributed by atoms with van der Waals surface area (Å²) in [6.07, 6.45) is 0. The van der Waals surface area contributed by atoms with Gasteiger partial charge < -0.3 is 9.30 Å². The van der Waals surface area contributed by atoms with Crippen molar-refractivity contribution < 1.29 is 4.74 Å². The molecular formula is C23H24N4OS2. The summed E-state index contributed by atoms with van der Waals surface area (Å²) in [5, 5.41) is 13.0. The Balaban J connectivity index is 1.52. The Hall–Kier alpha value is -2.64. The Labute approximate surface area is 185 Å². The quantitative estimate of drug-likeness (QED) is 0.313. The average Bonchev–Trinajstić information content (AvgIpc) is 3.40. The largest absolute Gasteiger partial charge is 0.493 e. The van der Waals surface area contributed by atoms with Crippen LogP contribution in [0.2, 0.25) is 0 Å². The van der Waals surface area contributed by atoms with Crippen molar-refractivity contribution in [1.29, 1.82) is 0 Å². The van der Waals surface area contributed by atoms with Crippen molar-refractivity contribution in [3.05, 3.63) is 65.2 Å². The molecule has 0 atom stereocenters. The highest BCUT2D eigenvalue weighted by atomic mass is 32.2. The van der Waals surface area contributed by atoms with Crippen molar-refractivity contribution in [2.45, 2.75) is 38.2 Å². The highest BCUT2D eigenvalue weighted by molar-refractivity contribution is 7.98. The fraction of sp³-hybridized carbons (Fsp3) is 0.261. The minimum Gasteiger partial charge on any atom is -0.493 e. The van der Waals surface area contributed by atoms with E-state index in [1.165, 1.54) is 5.56 Å². The van der Waals surface area contributed by atoms with Gasteiger partial charge in [0.1, 0.15) is 10.8 Å². The van der Waals surface area contributed by atoms with E-state index in [-0.39, 0.29) is 0 Å². The van der Waals surface area contributed by atoms with E-state index < -0.39 is 0 Å². The monoisotopic (exact) mass is 436 g/mol. The van der Waals surface area contributed by atoms with Crippen molar-refractivity contribution in [3.8, 4) is 27.7 Å².